The van der Waals surface area contributed by atoms with E-state index < -0.39 is 0 Å². The lowest BCUT2D eigenvalue weighted by molar-refractivity contribution is -0.116. The van der Waals surface area contributed by atoms with Crippen molar-refractivity contribution >= 4 is 17.3 Å². The summed E-state index contributed by atoms with van der Waals surface area (Å²) >= 11 is 0. The normalized spacial score (nSPS) is 24.1. The van der Waals surface area contributed by atoms with Crippen molar-refractivity contribution in [2.24, 2.45) is 0 Å². The first-order chi connectivity index (χ1) is 7.84. The lowest BCUT2D eigenvalue weighted by atomic mass is 10.1. The Hall–Kier alpha value is -1.55. The third kappa shape index (κ3) is 1.55. The van der Waals surface area contributed by atoms with E-state index >= 15 is 0 Å². The summed E-state index contributed by atoms with van der Waals surface area (Å²) in [5, 5.41) is 6.31. The molecule has 84 valence electrons. The van der Waals surface area contributed by atoms with Crippen LogP contribution in [0.25, 0.3) is 0 Å². The number of carbonyl (C=O) groups is 1. The molecule has 0 spiro atoms. The van der Waals surface area contributed by atoms with Crippen molar-refractivity contribution in [2.75, 3.05) is 29.9 Å². The second-order valence-electron chi connectivity index (χ2n) is 4.32. The van der Waals surface area contributed by atoms with E-state index in [4.69, 9.17) is 0 Å². The Labute approximate surface area is 94.6 Å². The van der Waals surface area contributed by atoms with Crippen molar-refractivity contribution in [3.8, 4) is 0 Å². The van der Waals surface area contributed by atoms with Crippen LogP contribution in [0, 0.1) is 0 Å². The minimum Gasteiger partial charge on any atom is -0.364 e. The third-order valence-corrected chi connectivity index (χ3v) is 3.26. The van der Waals surface area contributed by atoms with Crippen molar-refractivity contribution in [2.45, 2.75) is 12.5 Å². The van der Waals surface area contributed by atoms with Gasteiger partial charge in [-0.3, -0.25) is 4.79 Å². The molecular weight excluding hydrogens is 202 g/mol. The van der Waals surface area contributed by atoms with Crippen LogP contribution in [-0.2, 0) is 4.79 Å². The number of rotatable bonds is 0. The van der Waals surface area contributed by atoms with Crippen molar-refractivity contribution in [3.05, 3.63) is 24.3 Å². The zero-order valence-corrected chi connectivity index (χ0v) is 9.07. The topological polar surface area (TPSA) is 44.4 Å². The fourth-order valence-electron chi connectivity index (χ4n) is 2.51. The fourth-order valence-corrected chi connectivity index (χ4v) is 2.51. The molecule has 2 heterocycles. The molecule has 1 aromatic rings. The summed E-state index contributed by atoms with van der Waals surface area (Å²) in [5.74, 6) is 0.114. The molecule has 0 unspecified atom stereocenters. The molecule has 2 N–H and O–H groups in total. The van der Waals surface area contributed by atoms with Gasteiger partial charge in [-0.2, -0.15) is 0 Å². The quantitative estimate of drug-likeness (QED) is 0.676. The van der Waals surface area contributed by atoms with Crippen molar-refractivity contribution < 1.29 is 4.79 Å². The van der Waals surface area contributed by atoms with E-state index in [1.807, 2.05) is 18.2 Å². The summed E-state index contributed by atoms with van der Waals surface area (Å²) in [6.45, 7) is 2.84. The largest absolute Gasteiger partial charge is 0.364 e. The lowest BCUT2D eigenvalue weighted by Crippen LogP contribution is -2.51. The van der Waals surface area contributed by atoms with Gasteiger partial charge in [0.15, 0.2) is 0 Å². The van der Waals surface area contributed by atoms with E-state index in [0.717, 1.165) is 31.0 Å². The van der Waals surface area contributed by atoms with Crippen LogP contribution in [-0.4, -0.2) is 31.6 Å². The van der Waals surface area contributed by atoms with Crippen LogP contribution in [0.4, 0.5) is 11.4 Å². The Kier molecular flexibility index (Phi) is 2.29. The minimum atomic E-state index is 0.114. The number of nitrogens with one attached hydrogen (secondary N) is 2. The number of hydrogen-bond acceptors (Lipinski definition) is 3. The van der Waals surface area contributed by atoms with E-state index in [1.165, 1.54) is 0 Å². The number of nitrogens with zero attached hydrogens (tertiary/aromatic N) is 1. The van der Waals surface area contributed by atoms with E-state index in [9.17, 15) is 4.79 Å². The van der Waals surface area contributed by atoms with Gasteiger partial charge in [0.25, 0.3) is 0 Å². The minimum absolute atomic E-state index is 0.114. The van der Waals surface area contributed by atoms with Crippen molar-refractivity contribution in [1.29, 1.82) is 0 Å². The average molecular weight is 217 g/mol. The second kappa shape index (κ2) is 3.79. The molecule has 4 heteroatoms. The number of carbonyl (C=O) groups excluding carboxylic acids is 1. The summed E-state index contributed by atoms with van der Waals surface area (Å²) in [5.41, 5.74) is 2.09. The zero-order valence-electron chi connectivity index (χ0n) is 9.07. The molecule has 1 saturated heterocycles. The highest BCUT2D eigenvalue weighted by Gasteiger charge is 2.29. The number of anilines is 2. The smallest absolute Gasteiger partial charge is 0.226 e. The molecule has 3 rings (SSSR count). The molecule has 2 aliphatic heterocycles. The monoisotopic (exact) mass is 217 g/mol. The van der Waals surface area contributed by atoms with Crippen LogP contribution in [0.15, 0.2) is 24.3 Å². The predicted octanol–water partition coefficient (Wildman–Crippen LogP) is 0.807. The van der Waals surface area contributed by atoms with E-state index in [-0.39, 0.29) is 11.9 Å². The molecule has 0 bridgehead atoms. The first kappa shape index (κ1) is 9.66. The van der Waals surface area contributed by atoms with Gasteiger partial charge in [-0.05, 0) is 12.1 Å². The van der Waals surface area contributed by atoms with Gasteiger partial charge in [-0.15, -0.1) is 0 Å². The Morgan fingerprint density at radius 3 is 3.12 bits per heavy atom. The maximum Gasteiger partial charge on any atom is 0.226 e. The second-order valence-corrected chi connectivity index (χ2v) is 4.32. The molecule has 0 radical (unpaired) electrons. The van der Waals surface area contributed by atoms with Gasteiger partial charge >= 0.3 is 0 Å². The molecule has 0 aromatic heterocycles. The van der Waals surface area contributed by atoms with Crippen LogP contribution in [0.5, 0.6) is 0 Å². The van der Waals surface area contributed by atoms with Crippen molar-refractivity contribution in [1.82, 2.24) is 5.32 Å². The van der Waals surface area contributed by atoms with Gasteiger partial charge in [0.05, 0.1) is 17.4 Å². The van der Waals surface area contributed by atoms with E-state index in [2.05, 4.69) is 21.6 Å². The lowest BCUT2D eigenvalue weighted by Gasteiger charge is -2.36. The highest BCUT2D eigenvalue weighted by molar-refractivity contribution is 5.96. The van der Waals surface area contributed by atoms with Gasteiger partial charge in [-0.1, -0.05) is 12.1 Å². The number of benzene rings is 1. The molecule has 1 fully saturated rings. The summed E-state index contributed by atoms with van der Waals surface area (Å²) in [6.07, 6.45) is 0.571. The maximum atomic E-state index is 11.7. The van der Waals surface area contributed by atoms with Crippen LogP contribution in [0.2, 0.25) is 0 Å². The van der Waals surface area contributed by atoms with E-state index in [0.29, 0.717) is 6.42 Å². The van der Waals surface area contributed by atoms with Gasteiger partial charge in [0.2, 0.25) is 5.91 Å². The standard InChI is InChI=1S/C12H15N3O/c16-12-7-9-8-13-5-6-15(9)11-4-2-1-3-10(11)14-12/h1-4,9,13H,5-8H2,(H,14,16)/t9-/m0/s1. The molecule has 0 saturated carbocycles. The number of piperazine rings is 1. The third-order valence-electron chi connectivity index (χ3n) is 3.26. The molecular formula is C12H15N3O. The molecule has 2 aliphatic rings. The van der Waals surface area contributed by atoms with Crippen LogP contribution < -0.4 is 15.5 Å². The van der Waals surface area contributed by atoms with Crippen LogP contribution >= 0.6 is 0 Å². The average Bonchev–Trinajstić information content (AvgIpc) is 2.44. The summed E-state index contributed by atoms with van der Waals surface area (Å²) < 4.78 is 0. The number of para-hydroxylation sites is 2. The molecule has 16 heavy (non-hydrogen) atoms. The molecule has 1 amide bonds. The molecule has 1 atom stereocenters. The Morgan fingerprint density at radius 1 is 1.31 bits per heavy atom. The number of amides is 1. The van der Waals surface area contributed by atoms with Gasteiger partial charge < -0.3 is 15.5 Å². The molecule has 4 nitrogen and oxygen atoms in total. The highest BCUT2D eigenvalue weighted by Crippen LogP contribution is 2.31. The predicted molar refractivity (Wildman–Crippen MR) is 63.7 cm³/mol. The Bertz CT molecular complexity index is 418. The summed E-state index contributed by atoms with van der Waals surface area (Å²) in [6, 6.07) is 8.32. The van der Waals surface area contributed by atoms with Gasteiger partial charge in [0, 0.05) is 26.1 Å². The van der Waals surface area contributed by atoms with Gasteiger partial charge in [-0.25, -0.2) is 0 Å². The summed E-state index contributed by atoms with van der Waals surface area (Å²) in [7, 11) is 0. The Morgan fingerprint density at radius 2 is 2.19 bits per heavy atom. The molecule has 1 aromatic carbocycles. The van der Waals surface area contributed by atoms with E-state index in [1.54, 1.807) is 0 Å². The Balaban J connectivity index is 2.04. The highest BCUT2D eigenvalue weighted by atomic mass is 16.1. The number of fused-ring (bicyclic) bond motifs is 3. The SMILES string of the molecule is O=C1C[C@H]2CNCCN2c2ccccc2N1. The maximum absolute atomic E-state index is 11.7. The first-order valence-electron chi connectivity index (χ1n) is 5.71. The number of hydrogen-bond donors (Lipinski definition) is 2. The van der Waals surface area contributed by atoms with Crippen LogP contribution in [0.3, 0.4) is 0 Å². The summed E-state index contributed by atoms with van der Waals surface area (Å²) in [4.78, 5) is 14.1. The molecule has 0 aliphatic carbocycles. The fraction of sp³-hybridized carbons (Fsp3) is 0.417. The van der Waals surface area contributed by atoms with Gasteiger partial charge in [0.1, 0.15) is 0 Å². The zero-order chi connectivity index (χ0) is 11.0. The van der Waals surface area contributed by atoms with Crippen molar-refractivity contribution in [3.63, 3.8) is 0 Å². The van der Waals surface area contributed by atoms with Crippen LogP contribution in [0.1, 0.15) is 6.42 Å². The first-order valence-corrected chi connectivity index (χ1v) is 5.71.